The molecule has 0 amide bonds. The molecule has 108 valence electrons. The van der Waals surface area contributed by atoms with Gasteiger partial charge < -0.3 is 15.2 Å². The lowest BCUT2D eigenvalue weighted by Gasteiger charge is -2.41. The number of carbonyl (C=O) groups is 1. The monoisotopic (exact) mass is 280 g/mol. The minimum atomic E-state index is -0.987. The van der Waals surface area contributed by atoms with Gasteiger partial charge in [-0.05, 0) is 18.1 Å². The Morgan fingerprint density at radius 2 is 2.25 bits per heavy atom. The van der Waals surface area contributed by atoms with Gasteiger partial charge in [0.2, 0.25) is 0 Å². The number of carboxylic acid groups (broad SMARTS) is 1. The molecule has 0 atom stereocenters. The number of nitrogens with one attached hydrogen (secondary N) is 1. The van der Waals surface area contributed by atoms with E-state index >= 15 is 0 Å². The first-order chi connectivity index (χ1) is 9.46. The predicted octanol–water partition coefficient (Wildman–Crippen LogP) is 1.35. The van der Waals surface area contributed by atoms with Crippen LogP contribution >= 0.6 is 0 Å². The van der Waals surface area contributed by atoms with E-state index in [-0.39, 0.29) is 17.9 Å². The Morgan fingerprint density at radius 1 is 1.55 bits per heavy atom. The number of nitro groups is 1. The van der Waals surface area contributed by atoms with Gasteiger partial charge in [-0.1, -0.05) is 13.0 Å². The molecule has 1 fully saturated rings. The topological polar surface area (TPSA) is 102 Å². The van der Waals surface area contributed by atoms with Crippen molar-refractivity contribution >= 4 is 11.7 Å². The molecule has 1 saturated heterocycles. The fraction of sp³-hybridized carbons (Fsp3) is 0.462. The lowest BCUT2D eigenvalue weighted by Crippen LogP contribution is -2.64. The molecule has 0 radical (unpaired) electrons. The van der Waals surface area contributed by atoms with Crippen molar-refractivity contribution in [2.75, 3.05) is 13.1 Å². The highest BCUT2D eigenvalue weighted by atomic mass is 16.6. The molecular weight excluding hydrogens is 264 g/mol. The maximum atomic E-state index is 11.1. The van der Waals surface area contributed by atoms with Gasteiger partial charge in [0.25, 0.3) is 0 Å². The number of hydrogen-bond donors (Lipinski definition) is 2. The minimum Gasteiger partial charge on any atom is -0.481 e. The smallest absolute Gasteiger partial charge is 0.311 e. The summed E-state index contributed by atoms with van der Waals surface area (Å²) in [5, 5.41) is 22.9. The van der Waals surface area contributed by atoms with Crippen LogP contribution in [0.25, 0.3) is 0 Å². The molecule has 1 aliphatic heterocycles. The highest BCUT2D eigenvalue weighted by Gasteiger charge is 2.42. The molecule has 2 N–H and O–H groups in total. The van der Waals surface area contributed by atoms with Crippen molar-refractivity contribution in [2.24, 2.45) is 0 Å². The fourth-order valence-corrected chi connectivity index (χ4v) is 2.16. The van der Waals surface area contributed by atoms with Crippen LogP contribution in [-0.2, 0) is 11.2 Å². The highest BCUT2D eigenvalue weighted by molar-refractivity contribution is 5.68. The SMILES string of the molecule is CCc1ccc(OC2(CC(=O)O)CNC2)c([N+](=O)[O-])c1. The first-order valence-electron chi connectivity index (χ1n) is 6.34. The number of aliphatic carboxylic acids is 1. The van der Waals surface area contributed by atoms with Crippen LogP contribution in [-0.4, -0.2) is 34.7 Å². The number of ether oxygens (including phenoxy) is 1. The van der Waals surface area contributed by atoms with Gasteiger partial charge in [-0.3, -0.25) is 14.9 Å². The molecule has 2 rings (SSSR count). The average Bonchev–Trinajstić information content (AvgIpc) is 2.35. The van der Waals surface area contributed by atoms with Gasteiger partial charge in [0.1, 0.15) is 5.60 Å². The molecule has 0 aromatic heterocycles. The summed E-state index contributed by atoms with van der Waals surface area (Å²) in [4.78, 5) is 21.5. The van der Waals surface area contributed by atoms with E-state index in [1.54, 1.807) is 12.1 Å². The largest absolute Gasteiger partial charge is 0.481 e. The first-order valence-corrected chi connectivity index (χ1v) is 6.34. The summed E-state index contributed by atoms with van der Waals surface area (Å²) in [7, 11) is 0. The number of aryl methyl sites for hydroxylation is 1. The number of carboxylic acids is 1. The van der Waals surface area contributed by atoms with Crippen LogP contribution in [0.5, 0.6) is 5.75 Å². The first kappa shape index (κ1) is 14.3. The minimum absolute atomic E-state index is 0.120. The molecule has 0 bridgehead atoms. The van der Waals surface area contributed by atoms with E-state index < -0.39 is 16.5 Å². The fourth-order valence-electron chi connectivity index (χ4n) is 2.16. The maximum Gasteiger partial charge on any atom is 0.311 e. The van der Waals surface area contributed by atoms with Gasteiger partial charge in [-0.25, -0.2) is 0 Å². The van der Waals surface area contributed by atoms with Gasteiger partial charge in [-0.2, -0.15) is 0 Å². The van der Waals surface area contributed by atoms with Gasteiger partial charge in [-0.15, -0.1) is 0 Å². The van der Waals surface area contributed by atoms with Crippen LogP contribution in [0.15, 0.2) is 18.2 Å². The van der Waals surface area contributed by atoms with Crippen LogP contribution in [0.2, 0.25) is 0 Å². The molecule has 0 aliphatic carbocycles. The van der Waals surface area contributed by atoms with Gasteiger partial charge in [0.15, 0.2) is 5.75 Å². The van der Waals surface area contributed by atoms with Crippen molar-refractivity contribution in [3.63, 3.8) is 0 Å². The van der Waals surface area contributed by atoms with Crippen molar-refractivity contribution in [3.8, 4) is 5.75 Å². The van der Waals surface area contributed by atoms with E-state index in [1.165, 1.54) is 6.07 Å². The summed E-state index contributed by atoms with van der Waals surface area (Å²) in [5.74, 6) is -0.866. The lowest BCUT2D eigenvalue weighted by atomic mass is 9.92. The Morgan fingerprint density at radius 3 is 2.70 bits per heavy atom. The highest BCUT2D eigenvalue weighted by Crippen LogP contribution is 2.33. The molecule has 1 aromatic carbocycles. The van der Waals surface area contributed by atoms with E-state index in [1.807, 2.05) is 6.92 Å². The van der Waals surface area contributed by atoms with Gasteiger partial charge in [0.05, 0.1) is 11.3 Å². The summed E-state index contributed by atoms with van der Waals surface area (Å²) in [5.41, 5.74) is -0.186. The summed E-state index contributed by atoms with van der Waals surface area (Å²) < 4.78 is 5.66. The quantitative estimate of drug-likeness (QED) is 0.602. The summed E-state index contributed by atoms with van der Waals surface area (Å²) in [6.45, 7) is 2.64. The molecule has 7 heteroatoms. The molecule has 7 nitrogen and oxygen atoms in total. The summed E-state index contributed by atoms with van der Waals surface area (Å²) in [6.07, 6.45) is 0.496. The Bertz CT molecular complexity index is 540. The zero-order chi connectivity index (χ0) is 14.8. The van der Waals surface area contributed by atoms with Crippen molar-refractivity contribution in [1.82, 2.24) is 5.32 Å². The zero-order valence-corrected chi connectivity index (χ0v) is 11.1. The molecule has 1 heterocycles. The normalized spacial score (nSPS) is 16.2. The van der Waals surface area contributed by atoms with Crippen LogP contribution in [0, 0.1) is 10.1 Å². The van der Waals surface area contributed by atoms with E-state index in [4.69, 9.17) is 9.84 Å². The number of nitrogens with zero attached hydrogens (tertiary/aromatic N) is 1. The second-order valence-corrected chi connectivity index (χ2v) is 4.87. The van der Waals surface area contributed by atoms with Crippen molar-refractivity contribution in [2.45, 2.75) is 25.4 Å². The standard InChI is InChI=1S/C13H16N2O5/c1-2-9-3-4-11(10(5-9)15(18)19)20-13(6-12(16)17)7-14-8-13/h3-5,14H,2,6-8H2,1H3,(H,16,17). The lowest BCUT2D eigenvalue weighted by molar-refractivity contribution is -0.386. The number of benzene rings is 1. The van der Waals surface area contributed by atoms with E-state index in [0.717, 1.165) is 5.56 Å². The molecule has 1 aromatic rings. The van der Waals surface area contributed by atoms with Crippen molar-refractivity contribution < 1.29 is 19.6 Å². The third-order valence-corrected chi connectivity index (χ3v) is 3.32. The number of nitro benzene ring substituents is 1. The molecule has 0 saturated carbocycles. The Kier molecular flexibility index (Phi) is 3.89. The van der Waals surface area contributed by atoms with E-state index in [9.17, 15) is 14.9 Å². The Labute approximate surface area is 115 Å². The number of rotatable bonds is 6. The second kappa shape index (κ2) is 5.46. The van der Waals surface area contributed by atoms with Crippen molar-refractivity contribution in [3.05, 3.63) is 33.9 Å². The Hall–Kier alpha value is -2.15. The van der Waals surface area contributed by atoms with Crippen molar-refractivity contribution in [1.29, 1.82) is 0 Å². The molecular formula is C13H16N2O5. The summed E-state index contributed by atoms with van der Waals surface area (Å²) in [6, 6.07) is 4.76. The van der Waals surface area contributed by atoms with E-state index in [2.05, 4.69) is 5.32 Å². The molecule has 0 unspecified atom stereocenters. The van der Waals surface area contributed by atoms with Gasteiger partial charge in [0, 0.05) is 19.2 Å². The molecule has 0 spiro atoms. The molecule has 20 heavy (non-hydrogen) atoms. The van der Waals surface area contributed by atoms with Crippen LogP contribution in [0.3, 0.4) is 0 Å². The van der Waals surface area contributed by atoms with Gasteiger partial charge >= 0.3 is 11.7 Å². The predicted molar refractivity (Wildman–Crippen MR) is 71.0 cm³/mol. The van der Waals surface area contributed by atoms with Crippen LogP contribution in [0.4, 0.5) is 5.69 Å². The summed E-state index contributed by atoms with van der Waals surface area (Å²) >= 11 is 0. The van der Waals surface area contributed by atoms with Crippen LogP contribution < -0.4 is 10.1 Å². The number of hydrogen-bond acceptors (Lipinski definition) is 5. The Balaban J connectivity index is 2.28. The molecule has 1 aliphatic rings. The third-order valence-electron chi connectivity index (χ3n) is 3.32. The maximum absolute atomic E-state index is 11.1. The zero-order valence-electron chi connectivity index (χ0n) is 11.1. The average molecular weight is 280 g/mol. The second-order valence-electron chi connectivity index (χ2n) is 4.87. The van der Waals surface area contributed by atoms with E-state index in [0.29, 0.717) is 19.5 Å². The van der Waals surface area contributed by atoms with Crippen LogP contribution in [0.1, 0.15) is 18.9 Å². The third kappa shape index (κ3) is 2.88.